The summed E-state index contributed by atoms with van der Waals surface area (Å²) >= 11 is 11.4. The van der Waals surface area contributed by atoms with Crippen molar-refractivity contribution in [3.63, 3.8) is 0 Å². The summed E-state index contributed by atoms with van der Waals surface area (Å²) in [7, 11) is 0. The number of aliphatic hydroxyl groups excluding tert-OH is 1. The van der Waals surface area contributed by atoms with E-state index >= 15 is 0 Å². The Morgan fingerprint density at radius 2 is 2.05 bits per heavy atom. The first-order valence-electron chi connectivity index (χ1n) is 5.30. The largest absolute Gasteiger partial charge is 0.480 e. The van der Waals surface area contributed by atoms with Crippen molar-refractivity contribution in [2.75, 3.05) is 6.54 Å². The maximum Gasteiger partial charge on any atom is 0.326 e. The highest BCUT2D eigenvalue weighted by molar-refractivity contribution is 6.34. The molecule has 1 saturated heterocycles. The van der Waals surface area contributed by atoms with Crippen LogP contribution in [0.15, 0.2) is 6.07 Å². The van der Waals surface area contributed by atoms with Crippen molar-refractivity contribution < 1.29 is 19.8 Å². The van der Waals surface area contributed by atoms with Gasteiger partial charge in [-0.2, -0.15) is 0 Å². The van der Waals surface area contributed by atoms with Gasteiger partial charge in [0.15, 0.2) is 10.3 Å². The second-order valence-corrected chi connectivity index (χ2v) is 4.82. The maximum absolute atomic E-state index is 12.2. The van der Waals surface area contributed by atoms with Crippen molar-refractivity contribution >= 4 is 35.1 Å². The Morgan fingerprint density at radius 3 is 2.68 bits per heavy atom. The summed E-state index contributed by atoms with van der Waals surface area (Å²) in [6, 6.07) is 0.119. The van der Waals surface area contributed by atoms with Gasteiger partial charge in [-0.1, -0.05) is 23.2 Å². The minimum atomic E-state index is -1.19. The molecule has 1 aromatic heterocycles. The molecule has 0 radical (unpaired) electrons. The average molecular weight is 306 g/mol. The number of aliphatic carboxylic acids is 1. The molecule has 2 heterocycles. The van der Waals surface area contributed by atoms with Crippen LogP contribution in [0, 0.1) is 0 Å². The number of carbonyl (C=O) groups excluding carboxylic acids is 1. The van der Waals surface area contributed by atoms with Crippen molar-refractivity contribution in [2.45, 2.75) is 18.6 Å². The van der Waals surface area contributed by atoms with Gasteiger partial charge < -0.3 is 15.1 Å². The van der Waals surface area contributed by atoms with E-state index in [1.807, 2.05) is 0 Å². The van der Waals surface area contributed by atoms with Gasteiger partial charge in [0.2, 0.25) is 0 Å². The maximum atomic E-state index is 12.2. The molecule has 2 rings (SSSR count). The molecule has 0 bridgehead atoms. The molecule has 0 spiro atoms. The smallest absolute Gasteiger partial charge is 0.326 e. The van der Waals surface area contributed by atoms with Crippen molar-refractivity contribution in [3.8, 4) is 0 Å². The van der Waals surface area contributed by atoms with Gasteiger partial charge in [0.25, 0.3) is 5.91 Å². The Hall–Kier alpha value is -1.44. The minimum Gasteiger partial charge on any atom is -0.480 e. The third kappa shape index (κ3) is 2.78. The number of carboxylic acid groups (broad SMARTS) is 1. The minimum absolute atomic E-state index is 0.0229. The monoisotopic (exact) mass is 305 g/mol. The normalized spacial score (nSPS) is 22.6. The number of aliphatic hydroxyl groups is 1. The van der Waals surface area contributed by atoms with E-state index in [-0.39, 0.29) is 28.8 Å². The average Bonchev–Trinajstić information content (AvgIpc) is 2.74. The Balaban J connectivity index is 2.33. The summed E-state index contributed by atoms with van der Waals surface area (Å²) in [6.07, 6.45) is -0.903. The lowest BCUT2D eigenvalue weighted by Gasteiger charge is -2.21. The number of amides is 1. The second kappa shape index (κ2) is 5.28. The van der Waals surface area contributed by atoms with E-state index in [0.29, 0.717) is 0 Å². The molecule has 102 valence electrons. The molecule has 0 aromatic carbocycles. The molecule has 9 heteroatoms. The van der Waals surface area contributed by atoms with Crippen LogP contribution in [0.1, 0.15) is 16.8 Å². The summed E-state index contributed by atoms with van der Waals surface area (Å²) in [5.41, 5.74) is -0.0398. The van der Waals surface area contributed by atoms with Crippen molar-refractivity contribution in [1.82, 2.24) is 15.1 Å². The van der Waals surface area contributed by atoms with E-state index in [4.69, 9.17) is 28.3 Å². The van der Waals surface area contributed by atoms with Gasteiger partial charge in [0, 0.05) is 13.0 Å². The molecule has 0 saturated carbocycles. The number of hydrogen-bond donors (Lipinski definition) is 2. The van der Waals surface area contributed by atoms with Crippen LogP contribution >= 0.6 is 23.2 Å². The lowest BCUT2D eigenvalue weighted by Crippen LogP contribution is -2.40. The number of aromatic nitrogens is 2. The first-order chi connectivity index (χ1) is 8.90. The lowest BCUT2D eigenvalue weighted by molar-refractivity contribution is -0.141. The molecule has 2 atom stereocenters. The topological polar surface area (TPSA) is 104 Å². The SMILES string of the molecule is O=C(O)[C@@H]1C[C@@H](O)CN1C(=O)c1cc(Cl)nnc1Cl. The molecule has 1 amide bonds. The number of carbonyl (C=O) groups is 2. The molecule has 0 unspecified atom stereocenters. The quantitative estimate of drug-likeness (QED) is 0.822. The van der Waals surface area contributed by atoms with Crippen LogP contribution in [0.4, 0.5) is 0 Å². The highest BCUT2D eigenvalue weighted by Gasteiger charge is 2.40. The molecule has 1 fully saturated rings. The highest BCUT2D eigenvalue weighted by atomic mass is 35.5. The Morgan fingerprint density at radius 1 is 1.37 bits per heavy atom. The van der Waals surface area contributed by atoms with Crippen LogP contribution in [0.5, 0.6) is 0 Å². The Bertz CT molecular complexity index is 540. The van der Waals surface area contributed by atoms with E-state index in [0.717, 1.165) is 4.90 Å². The first kappa shape index (κ1) is 14.0. The summed E-state index contributed by atoms with van der Waals surface area (Å²) in [5, 5.41) is 25.3. The van der Waals surface area contributed by atoms with Gasteiger partial charge in [0.1, 0.15) is 6.04 Å². The van der Waals surface area contributed by atoms with Gasteiger partial charge in [-0.3, -0.25) is 4.79 Å². The third-order valence-corrected chi connectivity index (χ3v) is 3.24. The number of rotatable bonds is 2. The summed E-state index contributed by atoms with van der Waals surface area (Å²) < 4.78 is 0. The number of β-amino-alcohol motifs (C(OH)–C–C–N with tert-alkyl or cyclic N) is 1. The van der Waals surface area contributed by atoms with E-state index in [9.17, 15) is 14.7 Å². The second-order valence-electron chi connectivity index (χ2n) is 4.07. The van der Waals surface area contributed by atoms with E-state index in [2.05, 4.69) is 10.2 Å². The Kier molecular flexibility index (Phi) is 3.88. The van der Waals surface area contributed by atoms with E-state index in [1.54, 1.807) is 0 Å². The van der Waals surface area contributed by atoms with Crippen LogP contribution in [-0.2, 0) is 4.79 Å². The zero-order valence-corrected chi connectivity index (χ0v) is 11.0. The van der Waals surface area contributed by atoms with Crippen molar-refractivity contribution in [1.29, 1.82) is 0 Å². The number of likely N-dealkylation sites (tertiary alicyclic amines) is 1. The summed E-state index contributed by atoms with van der Waals surface area (Å²) in [6.45, 7) is -0.0773. The van der Waals surface area contributed by atoms with Gasteiger partial charge in [-0.15, -0.1) is 10.2 Å². The van der Waals surface area contributed by atoms with Crippen LogP contribution < -0.4 is 0 Å². The van der Waals surface area contributed by atoms with Gasteiger partial charge in [-0.25, -0.2) is 4.79 Å². The number of nitrogens with zero attached hydrogens (tertiary/aromatic N) is 3. The predicted molar refractivity (Wildman–Crippen MR) is 65.1 cm³/mol. The van der Waals surface area contributed by atoms with Gasteiger partial charge in [-0.05, 0) is 6.07 Å². The summed E-state index contributed by atoms with van der Waals surface area (Å²) in [4.78, 5) is 24.3. The molecule has 7 nitrogen and oxygen atoms in total. The molecular weight excluding hydrogens is 297 g/mol. The zero-order chi connectivity index (χ0) is 14.2. The molecule has 0 aliphatic carbocycles. The molecule has 2 N–H and O–H groups in total. The fraction of sp³-hybridized carbons (Fsp3) is 0.400. The number of halogens is 2. The standard InChI is InChI=1S/C10H9Cl2N3O4/c11-7-2-5(8(12)14-13-7)9(17)15-3-4(16)1-6(15)10(18)19/h2,4,6,16H,1,3H2,(H,18,19)/t4-,6+/m1/s1. The molecular formula is C10H9Cl2N3O4. The van der Waals surface area contributed by atoms with E-state index in [1.165, 1.54) is 6.07 Å². The number of hydrogen-bond acceptors (Lipinski definition) is 5. The van der Waals surface area contributed by atoms with Crippen LogP contribution in [0.3, 0.4) is 0 Å². The molecule has 1 aliphatic rings. The highest BCUT2D eigenvalue weighted by Crippen LogP contribution is 2.24. The fourth-order valence-electron chi connectivity index (χ4n) is 1.93. The fourth-order valence-corrected chi connectivity index (χ4v) is 2.25. The van der Waals surface area contributed by atoms with Crippen LogP contribution in [0.2, 0.25) is 10.3 Å². The van der Waals surface area contributed by atoms with E-state index < -0.39 is 24.0 Å². The Labute approximate surface area is 117 Å². The van der Waals surface area contributed by atoms with Crippen molar-refractivity contribution in [2.24, 2.45) is 0 Å². The molecule has 1 aromatic rings. The molecule has 19 heavy (non-hydrogen) atoms. The summed E-state index contributed by atoms with van der Waals surface area (Å²) in [5.74, 6) is -1.83. The van der Waals surface area contributed by atoms with Crippen LogP contribution in [0.25, 0.3) is 0 Å². The van der Waals surface area contributed by atoms with Gasteiger partial charge >= 0.3 is 5.97 Å². The van der Waals surface area contributed by atoms with Crippen molar-refractivity contribution in [3.05, 3.63) is 21.9 Å². The number of carboxylic acids is 1. The first-order valence-corrected chi connectivity index (χ1v) is 6.06. The third-order valence-electron chi connectivity index (χ3n) is 2.77. The zero-order valence-electron chi connectivity index (χ0n) is 9.45. The lowest BCUT2D eigenvalue weighted by atomic mass is 10.2. The molecule has 1 aliphatic heterocycles. The van der Waals surface area contributed by atoms with Crippen LogP contribution in [-0.4, -0.2) is 55.9 Å². The van der Waals surface area contributed by atoms with Gasteiger partial charge in [0.05, 0.1) is 11.7 Å². The predicted octanol–water partition coefficient (Wildman–Crippen LogP) is 0.443.